The summed E-state index contributed by atoms with van der Waals surface area (Å²) in [6.07, 6.45) is 0.638. The molecule has 0 spiro atoms. The van der Waals surface area contributed by atoms with Gasteiger partial charge in [-0.2, -0.15) is 10.5 Å². The van der Waals surface area contributed by atoms with E-state index >= 15 is 0 Å². The summed E-state index contributed by atoms with van der Waals surface area (Å²) in [6, 6.07) is 16.8. The van der Waals surface area contributed by atoms with Crippen molar-refractivity contribution < 1.29 is 4.74 Å². The van der Waals surface area contributed by atoms with Gasteiger partial charge in [0.05, 0.1) is 25.0 Å². The maximum Gasteiger partial charge on any atom is 0.127 e. The van der Waals surface area contributed by atoms with Gasteiger partial charge in [0.2, 0.25) is 0 Å². The summed E-state index contributed by atoms with van der Waals surface area (Å²) >= 11 is 0. The highest BCUT2D eigenvalue weighted by Gasteiger charge is 2.03. The number of hydrogen-bond donors (Lipinski definition) is 1. The second kappa shape index (κ2) is 6.26. The van der Waals surface area contributed by atoms with Crippen LogP contribution in [0.3, 0.4) is 0 Å². The lowest BCUT2D eigenvalue weighted by Gasteiger charge is -2.08. The van der Waals surface area contributed by atoms with E-state index < -0.39 is 0 Å². The van der Waals surface area contributed by atoms with Crippen LogP contribution in [0.4, 0.5) is 5.69 Å². The second-order valence-corrected chi connectivity index (χ2v) is 4.28. The molecule has 0 saturated heterocycles. The lowest BCUT2D eigenvalue weighted by atomic mass is 10.1. The van der Waals surface area contributed by atoms with E-state index in [2.05, 4.69) is 12.1 Å². The zero-order valence-corrected chi connectivity index (χ0v) is 10.8. The Balaban J connectivity index is 2.16. The minimum absolute atomic E-state index is 0.254. The molecule has 4 nitrogen and oxygen atoms in total. The van der Waals surface area contributed by atoms with Gasteiger partial charge in [-0.15, -0.1) is 0 Å². The van der Waals surface area contributed by atoms with Gasteiger partial charge < -0.3 is 10.5 Å². The van der Waals surface area contributed by atoms with E-state index in [9.17, 15) is 0 Å². The van der Waals surface area contributed by atoms with Crippen molar-refractivity contribution in [2.45, 2.75) is 12.8 Å². The molecule has 0 radical (unpaired) electrons. The van der Waals surface area contributed by atoms with Crippen LogP contribution in [0.5, 0.6) is 11.5 Å². The number of ether oxygens (including phenoxy) is 1. The molecule has 0 atom stereocenters. The summed E-state index contributed by atoms with van der Waals surface area (Å²) in [5.41, 5.74) is 8.07. The largest absolute Gasteiger partial charge is 0.457 e. The standard InChI is InChI=1S/C16H13N3O/c17-9-7-12-1-3-14(4-2-12)20-15-5-6-16(19)13(11-15)8-10-18/h1-6,11H,7-8,19H2. The van der Waals surface area contributed by atoms with Gasteiger partial charge >= 0.3 is 0 Å². The van der Waals surface area contributed by atoms with Crippen molar-refractivity contribution in [3.05, 3.63) is 53.6 Å². The third-order valence-electron chi connectivity index (χ3n) is 2.83. The predicted molar refractivity (Wildman–Crippen MR) is 76.0 cm³/mol. The summed E-state index contributed by atoms with van der Waals surface area (Å²) in [6.45, 7) is 0. The number of nitrogen functional groups attached to an aromatic ring is 1. The van der Waals surface area contributed by atoms with Crippen molar-refractivity contribution in [2.24, 2.45) is 0 Å². The Kier molecular flexibility index (Phi) is 4.21. The molecule has 0 aliphatic rings. The molecule has 2 aromatic rings. The summed E-state index contributed by atoms with van der Waals surface area (Å²) in [7, 11) is 0. The first kappa shape index (κ1) is 13.5. The Morgan fingerprint density at radius 3 is 2.20 bits per heavy atom. The normalized spacial score (nSPS) is 9.50. The fraction of sp³-hybridized carbons (Fsp3) is 0.125. The Morgan fingerprint density at radius 1 is 0.900 bits per heavy atom. The van der Waals surface area contributed by atoms with E-state index in [4.69, 9.17) is 21.0 Å². The highest BCUT2D eigenvalue weighted by atomic mass is 16.5. The van der Waals surface area contributed by atoms with Crippen LogP contribution in [-0.2, 0) is 12.8 Å². The molecule has 2 N–H and O–H groups in total. The number of anilines is 1. The minimum atomic E-state index is 0.254. The highest BCUT2D eigenvalue weighted by Crippen LogP contribution is 2.25. The predicted octanol–water partition coefficient (Wildman–Crippen LogP) is 3.19. The Labute approximate surface area is 117 Å². The molecule has 0 fully saturated rings. The van der Waals surface area contributed by atoms with Crippen molar-refractivity contribution >= 4 is 5.69 Å². The summed E-state index contributed by atoms with van der Waals surface area (Å²) in [5, 5.41) is 17.3. The van der Waals surface area contributed by atoms with Gasteiger partial charge in [-0.3, -0.25) is 0 Å². The molecular formula is C16H13N3O. The van der Waals surface area contributed by atoms with E-state index in [1.54, 1.807) is 18.2 Å². The van der Waals surface area contributed by atoms with Crippen LogP contribution in [0.25, 0.3) is 0 Å². The molecule has 98 valence electrons. The van der Waals surface area contributed by atoms with E-state index in [-0.39, 0.29) is 6.42 Å². The quantitative estimate of drug-likeness (QED) is 0.858. The van der Waals surface area contributed by atoms with Crippen LogP contribution < -0.4 is 10.5 Å². The van der Waals surface area contributed by atoms with Crippen LogP contribution in [0.1, 0.15) is 11.1 Å². The minimum Gasteiger partial charge on any atom is -0.457 e. The number of nitrogens with zero attached hydrogens (tertiary/aromatic N) is 2. The third kappa shape index (κ3) is 3.28. The van der Waals surface area contributed by atoms with Gasteiger partial charge in [-0.05, 0) is 41.5 Å². The van der Waals surface area contributed by atoms with Crippen molar-refractivity contribution in [2.75, 3.05) is 5.73 Å². The lowest BCUT2D eigenvalue weighted by molar-refractivity contribution is 0.482. The lowest BCUT2D eigenvalue weighted by Crippen LogP contribution is -1.94. The third-order valence-corrected chi connectivity index (χ3v) is 2.83. The fourth-order valence-electron chi connectivity index (χ4n) is 1.79. The second-order valence-electron chi connectivity index (χ2n) is 4.28. The molecule has 2 rings (SSSR count). The molecular weight excluding hydrogens is 250 g/mol. The summed E-state index contributed by atoms with van der Waals surface area (Å²) < 4.78 is 5.71. The number of hydrogen-bond acceptors (Lipinski definition) is 4. The molecule has 0 aliphatic carbocycles. The average molecular weight is 263 g/mol. The molecule has 0 saturated carbocycles. The first-order valence-corrected chi connectivity index (χ1v) is 6.12. The Morgan fingerprint density at radius 2 is 1.55 bits per heavy atom. The fourth-order valence-corrected chi connectivity index (χ4v) is 1.79. The van der Waals surface area contributed by atoms with E-state index in [0.29, 0.717) is 23.6 Å². The molecule has 0 aromatic heterocycles. The topological polar surface area (TPSA) is 82.8 Å². The van der Waals surface area contributed by atoms with E-state index in [1.807, 2.05) is 24.3 Å². The Bertz CT molecular complexity index is 678. The molecule has 0 aliphatic heterocycles. The van der Waals surface area contributed by atoms with Crippen LogP contribution in [0.2, 0.25) is 0 Å². The maximum absolute atomic E-state index is 8.73. The van der Waals surface area contributed by atoms with Gasteiger partial charge in [-0.25, -0.2) is 0 Å². The number of benzene rings is 2. The SMILES string of the molecule is N#CCc1ccc(Oc2ccc(N)c(CC#N)c2)cc1. The molecule has 20 heavy (non-hydrogen) atoms. The van der Waals surface area contributed by atoms with Crippen LogP contribution in [-0.4, -0.2) is 0 Å². The molecule has 0 amide bonds. The molecule has 0 unspecified atom stereocenters. The van der Waals surface area contributed by atoms with Gasteiger partial charge in [0, 0.05) is 5.69 Å². The Hall–Kier alpha value is -2.98. The van der Waals surface area contributed by atoms with Gasteiger partial charge in [0.25, 0.3) is 0 Å². The van der Waals surface area contributed by atoms with Crippen LogP contribution in [0, 0.1) is 22.7 Å². The van der Waals surface area contributed by atoms with Crippen molar-refractivity contribution in [1.82, 2.24) is 0 Å². The molecule has 2 aromatic carbocycles. The zero-order chi connectivity index (χ0) is 14.4. The van der Waals surface area contributed by atoms with E-state index in [1.165, 1.54) is 0 Å². The highest BCUT2D eigenvalue weighted by molar-refractivity contribution is 5.52. The van der Waals surface area contributed by atoms with E-state index in [0.717, 1.165) is 11.1 Å². The first-order valence-electron chi connectivity index (χ1n) is 6.12. The maximum atomic E-state index is 8.73. The van der Waals surface area contributed by atoms with Crippen molar-refractivity contribution in [1.29, 1.82) is 10.5 Å². The average Bonchev–Trinajstić information content (AvgIpc) is 2.45. The van der Waals surface area contributed by atoms with Crippen LogP contribution in [0.15, 0.2) is 42.5 Å². The number of nitrogens with two attached hydrogens (primary N) is 1. The summed E-state index contributed by atoms with van der Waals surface area (Å²) in [4.78, 5) is 0. The molecule has 0 heterocycles. The molecule has 4 heteroatoms. The molecule has 0 bridgehead atoms. The van der Waals surface area contributed by atoms with Gasteiger partial charge in [0.1, 0.15) is 11.5 Å². The first-order chi connectivity index (χ1) is 9.72. The van der Waals surface area contributed by atoms with Crippen molar-refractivity contribution in [3.8, 4) is 23.6 Å². The number of nitriles is 2. The van der Waals surface area contributed by atoms with Gasteiger partial charge in [0.15, 0.2) is 0 Å². The monoisotopic (exact) mass is 263 g/mol. The van der Waals surface area contributed by atoms with Crippen molar-refractivity contribution in [3.63, 3.8) is 0 Å². The smallest absolute Gasteiger partial charge is 0.127 e. The van der Waals surface area contributed by atoms with Gasteiger partial charge in [-0.1, -0.05) is 12.1 Å². The number of rotatable bonds is 4. The van der Waals surface area contributed by atoms with Crippen LogP contribution >= 0.6 is 0 Å². The summed E-state index contributed by atoms with van der Waals surface area (Å²) in [5.74, 6) is 1.32. The zero-order valence-electron chi connectivity index (χ0n) is 10.8.